The van der Waals surface area contributed by atoms with Crippen LogP contribution in [0.25, 0.3) is 0 Å². The number of rotatable bonds is 4. The summed E-state index contributed by atoms with van der Waals surface area (Å²) in [6, 6.07) is 3.99. The summed E-state index contributed by atoms with van der Waals surface area (Å²) in [7, 11) is 1.82. The van der Waals surface area contributed by atoms with Crippen molar-refractivity contribution in [3.8, 4) is 5.75 Å². The third kappa shape index (κ3) is 3.66. The Morgan fingerprint density at radius 3 is 2.47 bits per heavy atom. The minimum atomic E-state index is -0.934. The zero-order valence-corrected chi connectivity index (χ0v) is 10.7. The number of likely N-dealkylation sites (N-methyl/N-ethyl adjacent to an activating group) is 1. The Kier molecular flexibility index (Phi) is 4.46. The molecule has 1 rings (SSSR count). The molecule has 0 aliphatic carbocycles. The van der Waals surface area contributed by atoms with Gasteiger partial charge in [-0.25, -0.2) is 4.39 Å². The molecule has 0 spiro atoms. The van der Waals surface area contributed by atoms with Gasteiger partial charge in [0.1, 0.15) is 6.61 Å². The molecule has 2 nitrogen and oxygen atoms in total. The first-order valence-electron chi connectivity index (χ1n) is 5.60. The van der Waals surface area contributed by atoms with E-state index in [1.807, 2.05) is 7.05 Å². The third-order valence-electron chi connectivity index (χ3n) is 2.72. The van der Waals surface area contributed by atoms with E-state index in [1.165, 1.54) is 12.1 Å². The molecule has 0 aromatic heterocycles. The zero-order chi connectivity index (χ0) is 13.1. The predicted molar refractivity (Wildman–Crippen MR) is 64.2 cm³/mol. The van der Waals surface area contributed by atoms with E-state index in [0.717, 1.165) is 6.07 Å². The maximum atomic E-state index is 13.3. The van der Waals surface area contributed by atoms with Gasteiger partial charge in [0.2, 0.25) is 5.82 Å². The number of ether oxygens (including phenoxy) is 1. The number of hydrogen-bond donors (Lipinski definition) is 1. The molecule has 0 saturated heterocycles. The molecule has 0 aliphatic heterocycles. The molecule has 17 heavy (non-hydrogen) atoms. The van der Waals surface area contributed by atoms with Crippen LogP contribution in [0.2, 0.25) is 0 Å². The minimum absolute atomic E-state index is 0.0153. The summed E-state index contributed by atoms with van der Waals surface area (Å²) in [4.78, 5) is 0. The van der Waals surface area contributed by atoms with Crippen LogP contribution in [0.15, 0.2) is 18.2 Å². The maximum absolute atomic E-state index is 13.3. The molecular weight excluding hydrogens is 224 g/mol. The van der Waals surface area contributed by atoms with Crippen LogP contribution in [0.5, 0.6) is 5.75 Å². The topological polar surface area (TPSA) is 21.3 Å². The Morgan fingerprint density at radius 2 is 1.94 bits per heavy atom. The number of hydrogen-bond acceptors (Lipinski definition) is 2. The van der Waals surface area contributed by atoms with Gasteiger partial charge in [0.25, 0.3) is 0 Å². The van der Waals surface area contributed by atoms with Gasteiger partial charge in [0.15, 0.2) is 11.6 Å². The highest BCUT2D eigenvalue weighted by Crippen LogP contribution is 2.23. The second-order valence-corrected chi connectivity index (χ2v) is 5.07. The van der Waals surface area contributed by atoms with Gasteiger partial charge >= 0.3 is 0 Å². The fraction of sp³-hybridized carbons (Fsp3) is 0.538. The Morgan fingerprint density at radius 1 is 1.29 bits per heavy atom. The Balaban J connectivity index is 2.70. The second kappa shape index (κ2) is 5.45. The predicted octanol–water partition coefficient (Wildman–Crippen LogP) is 2.98. The molecule has 0 bridgehead atoms. The molecule has 0 aliphatic rings. The summed E-state index contributed by atoms with van der Waals surface area (Å²) >= 11 is 0. The first-order chi connectivity index (χ1) is 7.86. The van der Waals surface area contributed by atoms with Crippen molar-refractivity contribution in [1.82, 2.24) is 5.32 Å². The van der Waals surface area contributed by atoms with Crippen molar-refractivity contribution < 1.29 is 13.5 Å². The largest absolute Gasteiger partial charge is 0.489 e. The first-order valence-corrected chi connectivity index (χ1v) is 5.60. The summed E-state index contributed by atoms with van der Waals surface area (Å²) in [5.74, 6) is -1.87. The molecule has 0 heterocycles. The molecular formula is C13H19F2NO. The van der Waals surface area contributed by atoms with Crippen molar-refractivity contribution in [3.05, 3.63) is 29.8 Å². The Labute approximate surface area is 101 Å². The van der Waals surface area contributed by atoms with E-state index in [0.29, 0.717) is 6.61 Å². The van der Waals surface area contributed by atoms with Crippen molar-refractivity contribution in [2.45, 2.75) is 26.8 Å². The molecule has 1 aromatic carbocycles. The van der Waals surface area contributed by atoms with Crippen LogP contribution in [0.1, 0.15) is 20.8 Å². The van der Waals surface area contributed by atoms with Gasteiger partial charge in [-0.05, 0) is 24.6 Å². The average Bonchev–Trinajstić information content (AvgIpc) is 2.23. The smallest absolute Gasteiger partial charge is 0.200 e. The fourth-order valence-corrected chi connectivity index (χ4v) is 1.53. The third-order valence-corrected chi connectivity index (χ3v) is 2.72. The molecule has 0 fully saturated rings. The molecule has 0 saturated carbocycles. The van der Waals surface area contributed by atoms with Gasteiger partial charge < -0.3 is 10.1 Å². The maximum Gasteiger partial charge on any atom is 0.200 e. The van der Waals surface area contributed by atoms with E-state index in [2.05, 4.69) is 26.1 Å². The van der Waals surface area contributed by atoms with E-state index in [4.69, 9.17) is 4.74 Å². The minimum Gasteiger partial charge on any atom is -0.489 e. The molecule has 1 unspecified atom stereocenters. The van der Waals surface area contributed by atoms with Crippen molar-refractivity contribution in [1.29, 1.82) is 0 Å². The lowest BCUT2D eigenvalue weighted by atomic mass is 9.87. The van der Waals surface area contributed by atoms with Gasteiger partial charge in [0.05, 0.1) is 0 Å². The second-order valence-electron chi connectivity index (χ2n) is 5.07. The molecule has 0 amide bonds. The van der Waals surface area contributed by atoms with E-state index in [9.17, 15) is 8.78 Å². The summed E-state index contributed by atoms with van der Waals surface area (Å²) < 4.78 is 31.6. The molecule has 96 valence electrons. The number of nitrogens with one attached hydrogen (secondary N) is 1. The Bertz CT molecular complexity index is 374. The van der Waals surface area contributed by atoms with Crippen molar-refractivity contribution >= 4 is 0 Å². The monoisotopic (exact) mass is 243 g/mol. The normalized spacial score (nSPS) is 13.5. The quantitative estimate of drug-likeness (QED) is 0.877. The zero-order valence-electron chi connectivity index (χ0n) is 10.7. The van der Waals surface area contributed by atoms with Crippen LogP contribution in [0, 0.1) is 17.0 Å². The van der Waals surface area contributed by atoms with Crippen LogP contribution < -0.4 is 10.1 Å². The number of benzene rings is 1. The molecule has 1 aromatic rings. The summed E-state index contributed by atoms with van der Waals surface area (Å²) in [5.41, 5.74) is -0.0153. The molecule has 0 radical (unpaired) electrons. The number of halogens is 2. The fourth-order valence-electron chi connectivity index (χ4n) is 1.53. The van der Waals surface area contributed by atoms with Crippen LogP contribution in [0.4, 0.5) is 8.78 Å². The van der Waals surface area contributed by atoms with E-state index < -0.39 is 11.6 Å². The van der Waals surface area contributed by atoms with Gasteiger partial charge in [-0.15, -0.1) is 0 Å². The van der Waals surface area contributed by atoms with E-state index in [-0.39, 0.29) is 17.2 Å². The van der Waals surface area contributed by atoms with Gasteiger partial charge in [-0.1, -0.05) is 26.8 Å². The summed E-state index contributed by atoms with van der Waals surface area (Å²) in [6.07, 6.45) is 0. The van der Waals surface area contributed by atoms with Gasteiger partial charge in [-0.2, -0.15) is 4.39 Å². The Hall–Kier alpha value is -1.16. The van der Waals surface area contributed by atoms with Crippen molar-refractivity contribution in [2.75, 3.05) is 13.7 Å². The van der Waals surface area contributed by atoms with Gasteiger partial charge in [0, 0.05) is 6.04 Å². The lowest BCUT2D eigenvalue weighted by Gasteiger charge is -2.30. The SMILES string of the molecule is CNC(COc1cccc(F)c1F)C(C)(C)C. The van der Waals surface area contributed by atoms with Crippen LogP contribution in [-0.4, -0.2) is 19.7 Å². The lowest BCUT2D eigenvalue weighted by Crippen LogP contribution is -2.42. The van der Waals surface area contributed by atoms with E-state index in [1.54, 1.807) is 0 Å². The average molecular weight is 243 g/mol. The standard InChI is InChI=1S/C13H19F2NO/c1-13(2,3)11(16-4)8-17-10-7-5-6-9(14)12(10)15/h5-7,11,16H,8H2,1-4H3. The lowest BCUT2D eigenvalue weighted by molar-refractivity contribution is 0.176. The molecule has 4 heteroatoms. The van der Waals surface area contributed by atoms with E-state index >= 15 is 0 Å². The molecule has 1 N–H and O–H groups in total. The van der Waals surface area contributed by atoms with Crippen LogP contribution in [0.3, 0.4) is 0 Å². The van der Waals surface area contributed by atoms with Crippen molar-refractivity contribution in [3.63, 3.8) is 0 Å². The highest BCUT2D eigenvalue weighted by Gasteiger charge is 2.24. The van der Waals surface area contributed by atoms with Crippen LogP contribution >= 0.6 is 0 Å². The highest BCUT2D eigenvalue weighted by molar-refractivity contribution is 5.25. The first kappa shape index (κ1) is 13.9. The van der Waals surface area contributed by atoms with Gasteiger partial charge in [-0.3, -0.25) is 0 Å². The summed E-state index contributed by atoms with van der Waals surface area (Å²) in [6.45, 7) is 6.46. The van der Waals surface area contributed by atoms with Crippen LogP contribution in [-0.2, 0) is 0 Å². The highest BCUT2D eigenvalue weighted by atomic mass is 19.2. The van der Waals surface area contributed by atoms with Crippen molar-refractivity contribution in [2.24, 2.45) is 5.41 Å². The summed E-state index contributed by atoms with van der Waals surface area (Å²) in [5, 5.41) is 3.11. The molecule has 1 atom stereocenters.